The van der Waals surface area contributed by atoms with Gasteiger partial charge in [-0.25, -0.2) is 0 Å². The van der Waals surface area contributed by atoms with Crippen molar-refractivity contribution in [3.8, 4) is 16.8 Å². The van der Waals surface area contributed by atoms with E-state index >= 15 is 0 Å². The Bertz CT molecular complexity index is 1540. The lowest BCUT2D eigenvalue weighted by Gasteiger charge is -2.14. The number of fused-ring (bicyclic) bond motifs is 4. The molecule has 0 saturated carbocycles. The van der Waals surface area contributed by atoms with Crippen molar-refractivity contribution in [2.24, 2.45) is 0 Å². The molecule has 1 nitrogen and oxygen atoms in total. The average Bonchev–Trinajstić information content (AvgIpc) is 3.14. The number of hydrogen-bond acceptors (Lipinski definition) is 0. The van der Waals surface area contributed by atoms with Crippen LogP contribution in [-0.2, 0) is 0 Å². The van der Waals surface area contributed by atoms with Crippen LogP contribution in [0, 0.1) is 6.92 Å². The molecule has 1 heterocycles. The molecule has 5 aromatic carbocycles. The predicted octanol–water partition coefficient (Wildman–Crippen LogP) is 7.91. The Balaban J connectivity index is 1.83. The second-order valence-corrected chi connectivity index (χ2v) is 7.92. The van der Waals surface area contributed by atoms with Crippen molar-refractivity contribution in [2.45, 2.75) is 6.92 Å². The van der Waals surface area contributed by atoms with E-state index in [2.05, 4.69) is 121 Å². The molecular weight excluding hydrogens is 362 g/mol. The van der Waals surface area contributed by atoms with Crippen molar-refractivity contribution >= 4 is 32.6 Å². The van der Waals surface area contributed by atoms with E-state index in [1.54, 1.807) is 0 Å². The van der Waals surface area contributed by atoms with Gasteiger partial charge in [-0.05, 0) is 47.0 Å². The molecule has 6 rings (SSSR count). The molecule has 0 spiro atoms. The highest BCUT2D eigenvalue weighted by atomic mass is 15.0. The summed E-state index contributed by atoms with van der Waals surface area (Å²) in [5.41, 5.74) is 7.53. The minimum atomic E-state index is 1.19. The number of aromatic nitrogens is 1. The van der Waals surface area contributed by atoms with E-state index < -0.39 is 0 Å². The zero-order valence-corrected chi connectivity index (χ0v) is 16.8. The van der Waals surface area contributed by atoms with Gasteiger partial charge in [0.1, 0.15) is 0 Å². The Labute approximate surface area is 175 Å². The molecule has 0 bridgehead atoms. The van der Waals surface area contributed by atoms with E-state index in [-0.39, 0.29) is 0 Å². The monoisotopic (exact) mass is 383 g/mol. The summed E-state index contributed by atoms with van der Waals surface area (Å²) >= 11 is 0. The molecule has 30 heavy (non-hydrogen) atoms. The fraction of sp³-hybridized carbons (Fsp3) is 0.0345. The third kappa shape index (κ3) is 2.49. The molecule has 6 aromatic rings. The van der Waals surface area contributed by atoms with Gasteiger partial charge in [0.05, 0.1) is 11.0 Å². The van der Waals surface area contributed by atoms with Crippen LogP contribution in [0.4, 0.5) is 0 Å². The van der Waals surface area contributed by atoms with Gasteiger partial charge in [-0.2, -0.15) is 0 Å². The lowest BCUT2D eigenvalue weighted by molar-refractivity contribution is 1.18. The summed E-state index contributed by atoms with van der Waals surface area (Å²) in [5, 5.41) is 5.15. The fourth-order valence-electron chi connectivity index (χ4n) is 4.76. The minimum Gasteiger partial charge on any atom is -0.309 e. The normalized spacial score (nSPS) is 11.5. The lowest BCUT2D eigenvalue weighted by atomic mass is 9.94. The maximum absolute atomic E-state index is 2.41. The molecule has 0 aliphatic heterocycles. The lowest BCUT2D eigenvalue weighted by Crippen LogP contribution is -1.95. The highest BCUT2D eigenvalue weighted by Gasteiger charge is 2.17. The van der Waals surface area contributed by atoms with Crippen LogP contribution in [0.1, 0.15) is 5.56 Å². The summed E-state index contributed by atoms with van der Waals surface area (Å²) in [4.78, 5) is 0. The van der Waals surface area contributed by atoms with Gasteiger partial charge in [-0.15, -0.1) is 0 Å². The third-order valence-corrected chi connectivity index (χ3v) is 6.01. The molecule has 0 radical (unpaired) electrons. The van der Waals surface area contributed by atoms with Gasteiger partial charge < -0.3 is 4.57 Å². The molecule has 1 aromatic heterocycles. The maximum atomic E-state index is 2.41. The van der Waals surface area contributed by atoms with Crippen molar-refractivity contribution in [3.05, 3.63) is 115 Å². The van der Waals surface area contributed by atoms with E-state index in [4.69, 9.17) is 0 Å². The van der Waals surface area contributed by atoms with Crippen LogP contribution < -0.4 is 0 Å². The van der Waals surface area contributed by atoms with Gasteiger partial charge in [0.2, 0.25) is 0 Å². The quantitative estimate of drug-likeness (QED) is 0.286. The highest BCUT2D eigenvalue weighted by Crippen LogP contribution is 2.40. The summed E-state index contributed by atoms with van der Waals surface area (Å²) in [6.45, 7) is 2.18. The van der Waals surface area contributed by atoms with Crippen LogP contribution in [0.3, 0.4) is 0 Å². The average molecular weight is 383 g/mol. The van der Waals surface area contributed by atoms with E-state index in [9.17, 15) is 0 Å². The van der Waals surface area contributed by atoms with Crippen LogP contribution in [-0.4, -0.2) is 4.57 Å². The Kier molecular flexibility index (Phi) is 3.75. The Hall–Kier alpha value is -3.84. The predicted molar refractivity (Wildman–Crippen MR) is 128 cm³/mol. The fourth-order valence-corrected chi connectivity index (χ4v) is 4.76. The van der Waals surface area contributed by atoms with Crippen molar-refractivity contribution in [1.82, 2.24) is 4.57 Å². The molecule has 0 unspecified atom stereocenters. The molecule has 0 aliphatic carbocycles. The number of benzene rings is 5. The third-order valence-electron chi connectivity index (χ3n) is 6.01. The van der Waals surface area contributed by atoms with Gasteiger partial charge in [0.15, 0.2) is 0 Å². The zero-order valence-electron chi connectivity index (χ0n) is 16.8. The van der Waals surface area contributed by atoms with Gasteiger partial charge in [-0.1, -0.05) is 91.0 Å². The van der Waals surface area contributed by atoms with Gasteiger partial charge in [0, 0.05) is 22.0 Å². The number of nitrogens with zero attached hydrogens (tertiary/aromatic N) is 1. The zero-order chi connectivity index (χ0) is 20.1. The second-order valence-electron chi connectivity index (χ2n) is 7.92. The summed E-state index contributed by atoms with van der Waals surface area (Å²) in [6.07, 6.45) is 0. The Morgan fingerprint density at radius 3 is 2.10 bits per heavy atom. The smallest absolute Gasteiger partial charge is 0.0619 e. The molecule has 0 fully saturated rings. The van der Waals surface area contributed by atoms with Crippen LogP contribution >= 0.6 is 0 Å². The van der Waals surface area contributed by atoms with Gasteiger partial charge in [0.25, 0.3) is 0 Å². The summed E-state index contributed by atoms with van der Waals surface area (Å²) in [5.74, 6) is 0. The van der Waals surface area contributed by atoms with Crippen molar-refractivity contribution < 1.29 is 0 Å². The Morgan fingerprint density at radius 1 is 0.533 bits per heavy atom. The van der Waals surface area contributed by atoms with Crippen LogP contribution in [0.25, 0.3) is 49.4 Å². The SMILES string of the molecule is Cc1cc(-c2cccc3c4ccccc4n(-c4ccccc4)c23)c2ccccc2c1. The van der Waals surface area contributed by atoms with Crippen LogP contribution in [0.15, 0.2) is 109 Å². The molecule has 0 saturated heterocycles. The largest absolute Gasteiger partial charge is 0.309 e. The molecular formula is C29H21N. The topological polar surface area (TPSA) is 4.93 Å². The molecule has 142 valence electrons. The number of rotatable bonds is 2. The first kappa shape index (κ1) is 17.1. The standard InChI is InChI=1S/C29H21N/c1-20-18-21-10-5-6-13-23(21)27(19-20)26-16-9-15-25-24-14-7-8-17-28(24)30(29(25)26)22-11-3-2-4-12-22/h2-19H,1H3. The first-order valence-electron chi connectivity index (χ1n) is 10.4. The van der Waals surface area contributed by atoms with Crippen LogP contribution in [0.5, 0.6) is 0 Å². The molecule has 1 heteroatoms. The van der Waals surface area contributed by atoms with Gasteiger partial charge >= 0.3 is 0 Å². The molecule has 0 N–H and O–H groups in total. The van der Waals surface area contributed by atoms with Gasteiger partial charge in [-0.3, -0.25) is 0 Å². The number of hydrogen-bond donors (Lipinski definition) is 0. The summed E-state index contributed by atoms with van der Waals surface area (Å²) in [6, 6.07) is 39.4. The molecule has 0 amide bonds. The van der Waals surface area contributed by atoms with E-state index in [1.165, 1.54) is 55.0 Å². The molecule has 0 atom stereocenters. The second kappa shape index (κ2) is 6.60. The van der Waals surface area contributed by atoms with Crippen LogP contribution in [0.2, 0.25) is 0 Å². The van der Waals surface area contributed by atoms with Crippen molar-refractivity contribution in [3.63, 3.8) is 0 Å². The highest BCUT2D eigenvalue weighted by molar-refractivity contribution is 6.15. The first-order valence-corrected chi connectivity index (χ1v) is 10.4. The molecule has 0 aliphatic rings. The van der Waals surface area contributed by atoms with E-state index in [0.717, 1.165) is 0 Å². The summed E-state index contributed by atoms with van der Waals surface area (Å²) < 4.78 is 2.41. The van der Waals surface area contributed by atoms with Crippen molar-refractivity contribution in [1.29, 1.82) is 0 Å². The minimum absolute atomic E-state index is 1.19. The summed E-state index contributed by atoms with van der Waals surface area (Å²) in [7, 11) is 0. The first-order chi connectivity index (χ1) is 14.8. The Morgan fingerprint density at radius 2 is 1.23 bits per heavy atom. The van der Waals surface area contributed by atoms with E-state index in [0.29, 0.717) is 0 Å². The number of para-hydroxylation sites is 3. The maximum Gasteiger partial charge on any atom is 0.0619 e. The van der Waals surface area contributed by atoms with E-state index in [1.807, 2.05) is 0 Å². The number of aryl methyl sites for hydroxylation is 1. The van der Waals surface area contributed by atoms with Crippen molar-refractivity contribution in [2.75, 3.05) is 0 Å².